The molecule has 0 spiro atoms. The molecule has 2 nitrogen and oxygen atoms in total. The van der Waals surface area contributed by atoms with Crippen LogP contribution in [0, 0.1) is 12.7 Å². The summed E-state index contributed by atoms with van der Waals surface area (Å²) in [6.07, 6.45) is 0. The van der Waals surface area contributed by atoms with Gasteiger partial charge in [-0.05, 0) is 44.2 Å². The summed E-state index contributed by atoms with van der Waals surface area (Å²) in [4.78, 5) is 0. The Labute approximate surface area is 126 Å². The van der Waals surface area contributed by atoms with E-state index in [0.717, 1.165) is 23.4 Å². The molecular weight excluding hydrogens is 265 g/mol. The summed E-state index contributed by atoms with van der Waals surface area (Å²) in [6.45, 7) is 7.37. The van der Waals surface area contributed by atoms with Crippen molar-refractivity contribution < 1.29 is 9.13 Å². The van der Waals surface area contributed by atoms with Crippen molar-refractivity contribution in [2.45, 2.75) is 26.8 Å². The molecule has 0 saturated carbocycles. The second-order valence-corrected chi connectivity index (χ2v) is 5.02. The molecule has 2 aromatic rings. The number of ether oxygens (including phenoxy) is 1. The first-order valence-corrected chi connectivity index (χ1v) is 7.37. The molecule has 0 radical (unpaired) electrons. The number of hydrogen-bond donors (Lipinski definition) is 1. The Balaban J connectivity index is 2.35. The number of rotatable bonds is 6. The van der Waals surface area contributed by atoms with Crippen LogP contribution in [0.1, 0.15) is 36.6 Å². The highest BCUT2D eigenvalue weighted by Crippen LogP contribution is 2.27. The Morgan fingerprint density at radius 3 is 2.43 bits per heavy atom. The second-order valence-electron chi connectivity index (χ2n) is 5.02. The van der Waals surface area contributed by atoms with Crippen LogP contribution in [0.4, 0.5) is 4.39 Å². The number of nitrogens with one attached hydrogen (secondary N) is 1. The van der Waals surface area contributed by atoms with Crippen molar-refractivity contribution in [3.8, 4) is 5.75 Å². The fourth-order valence-corrected chi connectivity index (χ4v) is 2.42. The van der Waals surface area contributed by atoms with Crippen LogP contribution in [0.25, 0.3) is 0 Å². The fourth-order valence-electron chi connectivity index (χ4n) is 2.42. The molecule has 112 valence electrons. The average Bonchev–Trinajstić information content (AvgIpc) is 2.49. The van der Waals surface area contributed by atoms with Crippen LogP contribution >= 0.6 is 0 Å². The first-order valence-electron chi connectivity index (χ1n) is 7.37. The van der Waals surface area contributed by atoms with Gasteiger partial charge in [0.15, 0.2) is 0 Å². The first kappa shape index (κ1) is 15.5. The molecule has 0 fully saturated rings. The zero-order valence-corrected chi connectivity index (χ0v) is 12.8. The Morgan fingerprint density at radius 2 is 1.81 bits per heavy atom. The molecular formula is C18H22FNO. The van der Waals surface area contributed by atoms with Crippen molar-refractivity contribution in [2.75, 3.05) is 13.2 Å². The van der Waals surface area contributed by atoms with Crippen LogP contribution in [-0.2, 0) is 0 Å². The minimum absolute atomic E-state index is 0.148. The molecule has 0 aliphatic carbocycles. The lowest BCUT2D eigenvalue weighted by Crippen LogP contribution is -2.23. The van der Waals surface area contributed by atoms with E-state index < -0.39 is 0 Å². The Kier molecular flexibility index (Phi) is 5.34. The van der Waals surface area contributed by atoms with E-state index in [0.29, 0.717) is 12.2 Å². The largest absolute Gasteiger partial charge is 0.494 e. The first-order chi connectivity index (χ1) is 10.2. The van der Waals surface area contributed by atoms with Crippen molar-refractivity contribution in [2.24, 2.45) is 0 Å². The van der Waals surface area contributed by atoms with Gasteiger partial charge in [0.05, 0.1) is 12.6 Å². The number of hydrogen-bond acceptors (Lipinski definition) is 2. The van der Waals surface area contributed by atoms with Crippen molar-refractivity contribution >= 4 is 0 Å². The van der Waals surface area contributed by atoms with Gasteiger partial charge in [0.2, 0.25) is 0 Å². The summed E-state index contributed by atoms with van der Waals surface area (Å²) in [5.41, 5.74) is 2.77. The van der Waals surface area contributed by atoms with Gasteiger partial charge in [-0.25, -0.2) is 4.39 Å². The molecule has 0 heterocycles. The van der Waals surface area contributed by atoms with Crippen molar-refractivity contribution in [1.82, 2.24) is 5.32 Å². The third-order valence-corrected chi connectivity index (χ3v) is 3.40. The molecule has 0 saturated heterocycles. The molecule has 0 bridgehead atoms. The van der Waals surface area contributed by atoms with Gasteiger partial charge in [-0.3, -0.25) is 0 Å². The molecule has 2 aromatic carbocycles. The van der Waals surface area contributed by atoms with Crippen LogP contribution in [0.2, 0.25) is 0 Å². The van der Waals surface area contributed by atoms with Crippen LogP contribution in [0.3, 0.4) is 0 Å². The Morgan fingerprint density at radius 1 is 1.10 bits per heavy atom. The zero-order valence-electron chi connectivity index (χ0n) is 12.8. The standard InChI is InChI=1S/C18H22FNO/c1-4-20-18(16-12-13(3)6-11-17(16)19)14-7-9-15(10-8-14)21-5-2/h6-12,18,20H,4-5H2,1-3H3. The molecule has 0 aromatic heterocycles. The summed E-state index contributed by atoms with van der Waals surface area (Å²) < 4.78 is 19.6. The van der Waals surface area contributed by atoms with Gasteiger partial charge in [-0.1, -0.05) is 36.8 Å². The molecule has 1 unspecified atom stereocenters. The quantitative estimate of drug-likeness (QED) is 0.858. The Bertz CT molecular complexity index is 580. The third kappa shape index (κ3) is 3.82. The van der Waals surface area contributed by atoms with E-state index in [1.54, 1.807) is 6.07 Å². The van der Waals surface area contributed by atoms with E-state index >= 15 is 0 Å². The lowest BCUT2D eigenvalue weighted by molar-refractivity contribution is 0.340. The van der Waals surface area contributed by atoms with E-state index in [-0.39, 0.29) is 11.9 Å². The van der Waals surface area contributed by atoms with Crippen molar-refractivity contribution in [3.05, 3.63) is 65.0 Å². The molecule has 1 atom stereocenters. The van der Waals surface area contributed by atoms with Gasteiger partial charge < -0.3 is 10.1 Å². The lowest BCUT2D eigenvalue weighted by Gasteiger charge is -2.20. The van der Waals surface area contributed by atoms with Gasteiger partial charge in [0, 0.05) is 5.56 Å². The minimum atomic E-state index is -0.180. The van der Waals surface area contributed by atoms with E-state index in [9.17, 15) is 4.39 Å². The molecule has 21 heavy (non-hydrogen) atoms. The normalized spacial score (nSPS) is 12.2. The predicted molar refractivity (Wildman–Crippen MR) is 84.3 cm³/mol. The van der Waals surface area contributed by atoms with Gasteiger partial charge in [-0.2, -0.15) is 0 Å². The van der Waals surface area contributed by atoms with Gasteiger partial charge in [0.25, 0.3) is 0 Å². The predicted octanol–water partition coefficient (Wildman–Crippen LogP) is 4.23. The maximum Gasteiger partial charge on any atom is 0.128 e. The molecule has 3 heteroatoms. The monoisotopic (exact) mass is 287 g/mol. The highest BCUT2D eigenvalue weighted by Gasteiger charge is 2.17. The molecule has 2 rings (SSSR count). The number of halogens is 1. The molecule has 1 N–H and O–H groups in total. The number of benzene rings is 2. The minimum Gasteiger partial charge on any atom is -0.494 e. The van der Waals surface area contributed by atoms with Crippen LogP contribution in [-0.4, -0.2) is 13.2 Å². The third-order valence-electron chi connectivity index (χ3n) is 3.40. The molecule has 0 aliphatic heterocycles. The van der Waals surface area contributed by atoms with Crippen LogP contribution < -0.4 is 10.1 Å². The number of aryl methyl sites for hydroxylation is 1. The van der Waals surface area contributed by atoms with Crippen molar-refractivity contribution in [3.63, 3.8) is 0 Å². The second kappa shape index (κ2) is 7.23. The topological polar surface area (TPSA) is 21.3 Å². The molecule has 0 aliphatic rings. The summed E-state index contributed by atoms with van der Waals surface area (Å²) >= 11 is 0. The lowest BCUT2D eigenvalue weighted by atomic mass is 9.96. The van der Waals surface area contributed by atoms with E-state index in [4.69, 9.17) is 4.74 Å². The summed E-state index contributed by atoms with van der Waals surface area (Å²) in [5.74, 6) is 0.654. The molecule has 0 amide bonds. The van der Waals surface area contributed by atoms with Crippen molar-refractivity contribution in [1.29, 1.82) is 0 Å². The summed E-state index contributed by atoms with van der Waals surface area (Å²) in [6, 6.07) is 12.9. The van der Waals surface area contributed by atoms with Crippen LogP contribution in [0.5, 0.6) is 5.75 Å². The van der Waals surface area contributed by atoms with E-state index in [1.165, 1.54) is 6.07 Å². The maximum absolute atomic E-state index is 14.2. The average molecular weight is 287 g/mol. The summed E-state index contributed by atoms with van der Waals surface area (Å²) in [7, 11) is 0. The SMILES string of the molecule is CCNC(c1ccc(OCC)cc1)c1cc(C)ccc1F. The Hall–Kier alpha value is -1.87. The van der Waals surface area contributed by atoms with E-state index in [1.807, 2.05) is 51.1 Å². The van der Waals surface area contributed by atoms with Gasteiger partial charge in [0.1, 0.15) is 11.6 Å². The summed E-state index contributed by atoms with van der Waals surface area (Å²) in [5, 5.41) is 3.35. The zero-order chi connectivity index (χ0) is 15.2. The van der Waals surface area contributed by atoms with Crippen LogP contribution in [0.15, 0.2) is 42.5 Å². The van der Waals surface area contributed by atoms with Gasteiger partial charge >= 0.3 is 0 Å². The maximum atomic E-state index is 14.2. The fraction of sp³-hybridized carbons (Fsp3) is 0.333. The van der Waals surface area contributed by atoms with Gasteiger partial charge in [-0.15, -0.1) is 0 Å². The smallest absolute Gasteiger partial charge is 0.128 e. The van der Waals surface area contributed by atoms with E-state index in [2.05, 4.69) is 5.32 Å². The highest BCUT2D eigenvalue weighted by atomic mass is 19.1. The highest BCUT2D eigenvalue weighted by molar-refractivity contribution is 5.37.